The highest BCUT2D eigenvalue weighted by atomic mass is 15.3. The van der Waals surface area contributed by atoms with Crippen LogP contribution < -0.4 is 10.2 Å². The third-order valence-corrected chi connectivity index (χ3v) is 4.06. The fourth-order valence-corrected chi connectivity index (χ4v) is 2.91. The number of rotatable bonds is 7. The van der Waals surface area contributed by atoms with Crippen LogP contribution in [0.4, 0.5) is 5.82 Å². The number of nitrogens with zero attached hydrogens (tertiary/aromatic N) is 3. The second-order valence-electron chi connectivity index (χ2n) is 5.46. The Bertz CT molecular complexity index is 360. The molecule has 4 nitrogen and oxygen atoms in total. The highest BCUT2D eigenvalue weighted by Gasteiger charge is 2.23. The molecule has 2 heterocycles. The molecule has 1 atom stereocenters. The molecule has 1 saturated heterocycles. The molecule has 0 saturated carbocycles. The van der Waals surface area contributed by atoms with Gasteiger partial charge in [-0.15, -0.1) is 0 Å². The maximum absolute atomic E-state index is 4.45. The van der Waals surface area contributed by atoms with E-state index in [0.717, 1.165) is 45.1 Å². The van der Waals surface area contributed by atoms with E-state index < -0.39 is 0 Å². The number of aromatic nitrogens is 1. The van der Waals surface area contributed by atoms with Crippen molar-refractivity contribution < 1.29 is 0 Å². The largest absolute Gasteiger partial charge is 0.354 e. The topological polar surface area (TPSA) is 31.4 Å². The van der Waals surface area contributed by atoms with Crippen LogP contribution in [0.3, 0.4) is 0 Å². The molecule has 0 bridgehead atoms. The molecule has 0 radical (unpaired) electrons. The van der Waals surface area contributed by atoms with Crippen LogP contribution in [0.25, 0.3) is 0 Å². The molecule has 20 heavy (non-hydrogen) atoms. The summed E-state index contributed by atoms with van der Waals surface area (Å²) in [7, 11) is 0. The van der Waals surface area contributed by atoms with Gasteiger partial charge >= 0.3 is 0 Å². The first-order chi connectivity index (χ1) is 9.85. The number of hydrogen-bond acceptors (Lipinski definition) is 4. The van der Waals surface area contributed by atoms with Crippen LogP contribution in [0, 0.1) is 0 Å². The molecule has 0 spiro atoms. The van der Waals surface area contributed by atoms with E-state index in [-0.39, 0.29) is 0 Å². The minimum atomic E-state index is 0.686. The summed E-state index contributed by atoms with van der Waals surface area (Å²) in [6, 6.07) is 6.84. The summed E-state index contributed by atoms with van der Waals surface area (Å²) in [5.74, 6) is 1.12. The minimum absolute atomic E-state index is 0.686. The van der Waals surface area contributed by atoms with E-state index in [1.807, 2.05) is 12.3 Å². The molecule has 1 N–H and O–H groups in total. The Labute approximate surface area is 123 Å². The van der Waals surface area contributed by atoms with E-state index >= 15 is 0 Å². The second-order valence-corrected chi connectivity index (χ2v) is 5.46. The molecule has 1 aromatic heterocycles. The predicted octanol–water partition coefficient (Wildman–Crippen LogP) is 1.98. The van der Waals surface area contributed by atoms with Gasteiger partial charge in [0.15, 0.2) is 0 Å². The molecule has 1 fully saturated rings. The molecule has 1 unspecified atom stereocenters. The zero-order chi connectivity index (χ0) is 14.2. The van der Waals surface area contributed by atoms with Crippen LogP contribution in [-0.4, -0.2) is 55.2 Å². The van der Waals surface area contributed by atoms with Crippen molar-refractivity contribution in [3.8, 4) is 0 Å². The average Bonchev–Trinajstić information content (AvgIpc) is 2.52. The summed E-state index contributed by atoms with van der Waals surface area (Å²) in [5.41, 5.74) is 0. The van der Waals surface area contributed by atoms with Gasteiger partial charge in [-0.3, -0.25) is 4.90 Å². The Balaban J connectivity index is 1.85. The second kappa shape index (κ2) is 8.22. The summed E-state index contributed by atoms with van der Waals surface area (Å²) >= 11 is 0. The number of likely N-dealkylation sites (N-methyl/N-ethyl adjacent to an activating group) is 1. The fourth-order valence-electron chi connectivity index (χ4n) is 2.91. The van der Waals surface area contributed by atoms with E-state index in [4.69, 9.17) is 0 Å². The van der Waals surface area contributed by atoms with Crippen molar-refractivity contribution in [2.45, 2.75) is 32.7 Å². The lowest BCUT2D eigenvalue weighted by atomic mass is 10.1. The maximum Gasteiger partial charge on any atom is 0.128 e. The number of piperazine rings is 1. The van der Waals surface area contributed by atoms with Gasteiger partial charge in [0.25, 0.3) is 0 Å². The van der Waals surface area contributed by atoms with Gasteiger partial charge < -0.3 is 10.2 Å². The zero-order valence-electron chi connectivity index (χ0n) is 12.9. The normalized spacial score (nSPS) is 18.2. The average molecular weight is 276 g/mol. The molecular formula is C16H28N4. The van der Waals surface area contributed by atoms with Crippen LogP contribution in [0.2, 0.25) is 0 Å². The Morgan fingerprint density at radius 2 is 2.00 bits per heavy atom. The molecular weight excluding hydrogens is 248 g/mol. The van der Waals surface area contributed by atoms with Crippen molar-refractivity contribution in [2.24, 2.45) is 0 Å². The lowest BCUT2D eigenvalue weighted by molar-refractivity contribution is 0.171. The summed E-state index contributed by atoms with van der Waals surface area (Å²) < 4.78 is 0. The highest BCUT2D eigenvalue weighted by molar-refractivity contribution is 5.38. The van der Waals surface area contributed by atoms with E-state index in [2.05, 4.69) is 46.1 Å². The quantitative estimate of drug-likeness (QED) is 0.825. The van der Waals surface area contributed by atoms with E-state index in [9.17, 15) is 0 Å². The molecule has 4 heteroatoms. The molecule has 0 aliphatic carbocycles. The van der Waals surface area contributed by atoms with Crippen LogP contribution in [0.1, 0.15) is 26.7 Å². The van der Waals surface area contributed by atoms with Crippen molar-refractivity contribution in [3.05, 3.63) is 24.4 Å². The summed E-state index contributed by atoms with van der Waals surface area (Å²) in [5, 5.41) is 3.51. The Hall–Kier alpha value is -1.13. The van der Waals surface area contributed by atoms with E-state index in [1.54, 1.807) is 0 Å². The lowest BCUT2D eigenvalue weighted by Gasteiger charge is -2.40. The Morgan fingerprint density at radius 1 is 1.20 bits per heavy atom. The Kier molecular flexibility index (Phi) is 6.27. The predicted molar refractivity (Wildman–Crippen MR) is 85.3 cm³/mol. The first-order valence-electron chi connectivity index (χ1n) is 7.96. The summed E-state index contributed by atoms with van der Waals surface area (Å²) in [6.07, 6.45) is 4.43. The van der Waals surface area contributed by atoms with Crippen molar-refractivity contribution >= 4 is 5.82 Å². The van der Waals surface area contributed by atoms with Gasteiger partial charge in [0, 0.05) is 45.0 Å². The third-order valence-electron chi connectivity index (χ3n) is 4.06. The SMILES string of the molecule is CCCC(CNCC)N1CCN(c2ccccn2)CC1. The molecule has 1 aliphatic heterocycles. The standard InChI is InChI=1S/C16H28N4/c1-3-7-15(14-17-4-2)19-10-12-20(13-11-19)16-8-5-6-9-18-16/h5-6,8-9,15,17H,3-4,7,10-14H2,1-2H3. The smallest absolute Gasteiger partial charge is 0.128 e. The van der Waals surface area contributed by atoms with Gasteiger partial charge in [-0.1, -0.05) is 26.3 Å². The highest BCUT2D eigenvalue weighted by Crippen LogP contribution is 2.15. The van der Waals surface area contributed by atoms with Gasteiger partial charge in [0.2, 0.25) is 0 Å². The summed E-state index contributed by atoms with van der Waals surface area (Å²) in [4.78, 5) is 9.49. The Morgan fingerprint density at radius 3 is 2.60 bits per heavy atom. The van der Waals surface area contributed by atoms with Crippen LogP contribution in [-0.2, 0) is 0 Å². The van der Waals surface area contributed by atoms with Gasteiger partial charge in [-0.2, -0.15) is 0 Å². The molecule has 0 aromatic carbocycles. The van der Waals surface area contributed by atoms with Gasteiger partial charge in [0.1, 0.15) is 5.82 Å². The molecule has 1 aromatic rings. The van der Waals surface area contributed by atoms with Crippen molar-refractivity contribution in [3.63, 3.8) is 0 Å². The molecule has 112 valence electrons. The third kappa shape index (κ3) is 4.18. The first-order valence-corrected chi connectivity index (χ1v) is 7.96. The van der Waals surface area contributed by atoms with Crippen molar-refractivity contribution in [2.75, 3.05) is 44.2 Å². The van der Waals surface area contributed by atoms with Crippen molar-refractivity contribution in [1.82, 2.24) is 15.2 Å². The van der Waals surface area contributed by atoms with E-state index in [1.165, 1.54) is 12.8 Å². The fraction of sp³-hybridized carbons (Fsp3) is 0.688. The van der Waals surface area contributed by atoms with Crippen molar-refractivity contribution in [1.29, 1.82) is 0 Å². The van der Waals surface area contributed by atoms with Crippen LogP contribution in [0.15, 0.2) is 24.4 Å². The van der Waals surface area contributed by atoms with Gasteiger partial charge in [0.05, 0.1) is 0 Å². The zero-order valence-corrected chi connectivity index (χ0v) is 12.9. The van der Waals surface area contributed by atoms with E-state index in [0.29, 0.717) is 6.04 Å². The van der Waals surface area contributed by atoms with Gasteiger partial charge in [-0.25, -0.2) is 4.98 Å². The van der Waals surface area contributed by atoms with Gasteiger partial charge in [-0.05, 0) is 25.1 Å². The van der Waals surface area contributed by atoms with Crippen LogP contribution in [0.5, 0.6) is 0 Å². The number of anilines is 1. The maximum atomic E-state index is 4.45. The molecule has 1 aliphatic rings. The first kappa shape index (κ1) is 15.3. The minimum Gasteiger partial charge on any atom is -0.354 e. The summed E-state index contributed by atoms with van der Waals surface area (Å²) in [6.45, 7) is 11.1. The molecule has 0 amide bonds. The molecule has 2 rings (SSSR count). The monoisotopic (exact) mass is 276 g/mol. The lowest BCUT2D eigenvalue weighted by Crippen LogP contribution is -2.53. The number of nitrogens with one attached hydrogen (secondary N) is 1. The number of pyridine rings is 1. The van der Waals surface area contributed by atoms with Crippen LogP contribution >= 0.6 is 0 Å². The number of hydrogen-bond donors (Lipinski definition) is 1.